The first kappa shape index (κ1) is 16.6. The maximum atomic E-state index is 12.9. The molecule has 29 heavy (non-hydrogen) atoms. The lowest BCUT2D eigenvalue weighted by molar-refractivity contribution is 0.334. The van der Waals surface area contributed by atoms with Crippen molar-refractivity contribution in [2.75, 3.05) is 16.8 Å². The molecule has 8 heteroatoms. The van der Waals surface area contributed by atoms with E-state index in [1.54, 1.807) is 12.4 Å². The lowest BCUT2D eigenvalue weighted by atomic mass is 9.96. The molecule has 0 radical (unpaired) electrons. The summed E-state index contributed by atoms with van der Waals surface area (Å²) in [6.07, 6.45) is 8.32. The van der Waals surface area contributed by atoms with Crippen molar-refractivity contribution in [3.63, 3.8) is 0 Å². The molecule has 2 bridgehead atoms. The van der Waals surface area contributed by atoms with Crippen LogP contribution >= 0.6 is 0 Å². The molecule has 2 fully saturated rings. The van der Waals surface area contributed by atoms with Gasteiger partial charge in [-0.25, -0.2) is 14.8 Å². The SMILES string of the molecule is N#Cc1cccnc1N1[C@@H]2CC[C@H]1C[C@@H](n1c(=O)[nH]c3cnc4c(c31)CCN4)C2. The Morgan fingerprint density at radius 1 is 1.17 bits per heavy atom. The second-order valence-corrected chi connectivity index (χ2v) is 8.23. The average Bonchev–Trinajstić information content (AvgIpc) is 3.41. The summed E-state index contributed by atoms with van der Waals surface area (Å²) < 4.78 is 1.98. The first-order chi connectivity index (χ1) is 14.2. The number of rotatable bonds is 2. The molecule has 3 aromatic heterocycles. The van der Waals surface area contributed by atoms with Crippen LogP contribution in [0.25, 0.3) is 11.0 Å². The van der Waals surface area contributed by atoms with Crippen molar-refractivity contribution < 1.29 is 0 Å². The van der Waals surface area contributed by atoms with E-state index in [0.717, 1.165) is 66.9 Å². The third-order valence-corrected chi connectivity index (χ3v) is 6.74. The van der Waals surface area contributed by atoms with Gasteiger partial charge in [0.1, 0.15) is 17.7 Å². The minimum absolute atomic E-state index is 0.0458. The van der Waals surface area contributed by atoms with Gasteiger partial charge in [-0.1, -0.05) is 0 Å². The van der Waals surface area contributed by atoms with Gasteiger partial charge >= 0.3 is 5.69 Å². The molecular weight excluding hydrogens is 366 g/mol. The number of nitrogens with one attached hydrogen (secondary N) is 2. The number of imidazole rings is 1. The molecule has 0 amide bonds. The Labute approximate surface area is 167 Å². The second-order valence-electron chi connectivity index (χ2n) is 8.23. The zero-order valence-corrected chi connectivity index (χ0v) is 15.9. The summed E-state index contributed by atoms with van der Waals surface area (Å²) in [6, 6.07) is 6.67. The maximum absolute atomic E-state index is 12.9. The highest BCUT2D eigenvalue weighted by Gasteiger charge is 2.43. The molecule has 3 aliphatic heterocycles. The highest BCUT2D eigenvalue weighted by molar-refractivity contribution is 5.83. The van der Waals surface area contributed by atoms with Crippen molar-refractivity contribution in [2.24, 2.45) is 0 Å². The lowest BCUT2D eigenvalue weighted by Crippen LogP contribution is -2.45. The van der Waals surface area contributed by atoms with Gasteiger partial charge in [-0.3, -0.25) is 4.57 Å². The van der Waals surface area contributed by atoms with Crippen LogP contribution in [0.4, 0.5) is 11.6 Å². The van der Waals surface area contributed by atoms with E-state index < -0.39 is 0 Å². The Hall–Kier alpha value is -3.34. The van der Waals surface area contributed by atoms with Gasteiger partial charge in [-0.05, 0) is 44.2 Å². The number of nitrogens with zero attached hydrogens (tertiary/aromatic N) is 5. The van der Waals surface area contributed by atoms with E-state index in [0.29, 0.717) is 17.6 Å². The van der Waals surface area contributed by atoms with Crippen LogP contribution < -0.4 is 15.9 Å². The van der Waals surface area contributed by atoms with Crippen LogP contribution in [0.1, 0.15) is 42.9 Å². The second kappa shape index (κ2) is 6.08. The third-order valence-electron chi connectivity index (χ3n) is 6.74. The number of piperidine rings is 1. The van der Waals surface area contributed by atoms with E-state index in [1.165, 1.54) is 0 Å². The molecule has 3 aliphatic rings. The molecule has 2 saturated heterocycles. The molecule has 0 aromatic carbocycles. The molecule has 0 unspecified atom stereocenters. The Bertz CT molecular complexity index is 1210. The largest absolute Gasteiger partial charge is 0.369 e. The Morgan fingerprint density at radius 2 is 2.00 bits per heavy atom. The molecule has 2 N–H and O–H groups in total. The summed E-state index contributed by atoms with van der Waals surface area (Å²) in [7, 11) is 0. The van der Waals surface area contributed by atoms with Crippen LogP contribution in [0.5, 0.6) is 0 Å². The van der Waals surface area contributed by atoms with Gasteiger partial charge in [0.05, 0.1) is 22.8 Å². The summed E-state index contributed by atoms with van der Waals surface area (Å²) in [4.78, 5) is 27.2. The third kappa shape index (κ3) is 2.33. The predicted octanol–water partition coefficient (Wildman–Crippen LogP) is 2.33. The maximum Gasteiger partial charge on any atom is 0.326 e. The van der Waals surface area contributed by atoms with E-state index in [9.17, 15) is 10.1 Å². The van der Waals surface area contributed by atoms with Crippen LogP contribution in [0.3, 0.4) is 0 Å². The van der Waals surface area contributed by atoms with Crippen molar-refractivity contribution in [3.05, 3.63) is 46.1 Å². The highest BCUT2D eigenvalue weighted by atomic mass is 16.1. The molecule has 0 spiro atoms. The minimum atomic E-state index is -0.0458. The minimum Gasteiger partial charge on any atom is -0.369 e. The van der Waals surface area contributed by atoms with Crippen molar-refractivity contribution >= 4 is 22.7 Å². The highest BCUT2D eigenvalue weighted by Crippen LogP contribution is 2.44. The van der Waals surface area contributed by atoms with Crippen LogP contribution in [-0.4, -0.2) is 38.1 Å². The van der Waals surface area contributed by atoms with Gasteiger partial charge in [0.2, 0.25) is 0 Å². The fourth-order valence-electron chi connectivity index (χ4n) is 5.62. The molecule has 3 aromatic rings. The summed E-state index contributed by atoms with van der Waals surface area (Å²) in [5.41, 5.74) is 3.56. The molecular formula is C21H21N7O. The number of fused-ring (bicyclic) bond motifs is 5. The molecule has 8 nitrogen and oxygen atoms in total. The van der Waals surface area contributed by atoms with Crippen LogP contribution in [-0.2, 0) is 6.42 Å². The van der Waals surface area contributed by atoms with E-state index >= 15 is 0 Å². The zero-order valence-electron chi connectivity index (χ0n) is 15.9. The molecule has 0 saturated carbocycles. The summed E-state index contributed by atoms with van der Waals surface area (Å²) >= 11 is 0. The summed E-state index contributed by atoms with van der Waals surface area (Å²) in [5, 5.41) is 12.8. The van der Waals surface area contributed by atoms with Gasteiger partial charge in [0.15, 0.2) is 0 Å². The molecule has 146 valence electrons. The normalized spacial score (nSPS) is 25.1. The van der Waals surface area contributed by atoms with E-state index in [1.807, 2.05) is 16.7 Å². The molecule has 0 aliphatic carbocycles. The van der Waals surface area contributed by atoms with Gasteiger partial charge in [0.25, 0.3) is 0 Å². The topological polar surface area (TPSA) is 103 Å². The number of H-pyrrole nitrogens is 1. The monoisotopic (exact) mass is 387 g/mol. The van der Waals surface area contributed by atoms with Crippen molar-refractivity contribution in [2.45, 2.75) is 50.2 Å². The number of aromatic amines is 1. The number of aromatic nitrogens is 4. The predicted molar refractivity (Wildman–Crippen MR) is 109 cm³/mol. The van der Waals surface area contributed by atoms with Gasteiger partial charge in [0, 0.05) is 36.4 Å². The standard InChI is InChI=1S/C21H21N7O/c22-10-12-2-1-6-24-20(12)27-13-3-4-14(27)9-15(8-13)28-18-16-5-7-23-19(16)25-11-17(18)26-21(28)29/h1-2,6,11,13-15H,3-5,7-9H2,(H,23,25)(H,26,29)/t13-,14+,15+. The number of nitriles is 1. The average molecular weight is 387 g/mol. The number of pyridine rings is 2. The van der Waals surface area contributed by atoms with Gasteiger partial charge < -0.3 is 15.2 Å². The van der Waals surface area contributed by atoms with Gasteiger partial charge in [-0.2, -0.15) is 5.26 Å². The number of anilines is 2. The fraction of sp³-hybridized carbons (Fsp3) is 0.429. The van der Waals surface area contributed by atoms with Crippen LogP contribution in [0, 0.1) is 11.3 Å². The summed E-state index contributed by atoms with van der Waals surface area (Å²) in [5.74, 6) is 1.69. The van der Waals surface area contributed by atoms with E-state index in [-0.39, 0.29) is 11.7 Å². The Balaban J connectivity index is 1.41. The first-order valence-electron chi connectivity index (χ1n) is 10.2. The quantitative estimate of drug-likeness (QED) is 0.700. The fourth-order valence-corrected chi connectivity index (χ4v) is 5.62. The van der Waals surface area contributed by atoms with E-state index in [2.05, 4.69) is 31.2 Å². The molecule has 6 rings (SSSR count). The van der Waals surface area contributed by atoms with Crippen molar-refractivity contribution in [3.8, 4) is 6.07 Å². The lowest BCUT2D eigenvalue weighted by Gasteiger charge is -2.40. The Kier molecular flexibility index (Phi) is 3.48. The first-order valence-corrected chi connectivity index (χ1v) is 10.2. The van der Waals surface area contributed by atoms with Crippen LogP contribution in [0.2, 0.25) is 0 Å². The Morgan fingerprint density at radius 3 is 2.79 bits per heavy atom. The summed E-state index contributed by atoms with van der Waals surface area (Å²) in [6.45, 7) is 0.862. The van der Waals surface area contributed by atoms with Gasteiger partial charge in [-0.15, -0.1) is 0 Å². The van der Waals surface area contributed by atoms with Crippen molar-refractivity contribution in [1.29, 1.82) is 5.26 Å². The zero-order chi connectivity index (χ0) is 19.5. The van der Waals surface area contributed by atoms with E-state index in [4.69, 9.17) is 0 Å². The molecule has 6 heterocycles. The number of hydrogen-bond donors (Lipinski definition) is 2. The number of hydrogen-bond acceptors (Lipinski definition) is 6. The molecule has 3 atom stereocenters. The van der Waals surface area contributed by atoms with Crippen LogP contribution in [0.15, 0.2) is 29.3 Å². The smallest absolute Gasteiger partial charge is 0.326 e. The van der Waals surface area contributed by atoms with Crippen molar-refractivity contribution in [1.82, 2.24) is 19.5 Å².